The molecule has 0 aliphatic carbocycles. The first-order chi connectivity index (χ1) is 15.8. The van der Waals surface area contributed by atoms with Crippen molar-refractivity contribution in [2.75, 3.05) is 4.90 Å². The van der Waals surface area contributed by atoms with Crippen LogP contribution < -0.4 is 15.0 Å². The van der Waals surface area contributed by atoms with Gasteiger partial charge in [0.05, 0.1) is 5.69 Å². The molecule has 0 spiro atoms. The summed E-state index contributed by atoms with van der Waals surface area (Å²) in [4.78, 5) is 38.7. The minimum absolute atomic E-state index is 0.141. The molecule has 4 rings (SSSR count). The van der Waals surface area contributed by atoms with Crippen LogP contribution in [0.1, 0.15) is 16.7 Å². The first-order valence-electron chi connectivity index (χ1n) is 9.97. The van der Waals surface area contributed by atoms with Crippen molar-refractivity contribution in [3.63, 3.8) is 0 Å². The van der Waals surface area contributed by atoms with Crippen LogP contribution in [0, 0.1) is 12.7 Å². The van der Waals surface area contributed by atoms with E-state index in [2.05, 4.69) is 21.2 Å². The number of carbonyl (C=O) groups is 3. The molecule has 0 bridgehead atoms. The highest BCUT2D eigenvalue weighted by Gasteiger charge is 2.37. The highest BCUT2D eigenvalue weighted by molar-refractivity contribution is 9.10. The average molecular weight is 509 g/mol. The van der Waals surface area contributed by atoms with Crippen LogP contribution in [0.15, 0.2) is 76.8 Å². The molecule has 1 aliphatic heterocycles. The van der Waals surface area contributed by atoms with Crippen LogP contribution in [0.2, 0.25) is 0 Å². The number of aryl methyl sites for hydroxylation is 1. The Balaban J connectivity index is 1.67. The lowest BCUT2D eigenvalue weighted by molar-refractivity contribution is -0.122. The highest BCUT2D eigenvalue weighted by Crippen LogP contribution is 2.29. The van der Waals surface area contributed by atoms with Crippen LogP contribution in [0.3, 0.4) is 0 Å². The largest absolute Gasteiger partial charge is 0.488 e. The molecule has 1 heterocycles. The Morgan fingerprint density at radius 3 is 2.52 bits per heavy atom. The molecule has 0 radical (unpaired) electrons. The molecule has 0 atom stereocenters. The van der Waals surface area contributed by atoms with Crippen LogP contribution in [0.25, 0.3) is 6.08 Å². The summed E-state index contributed by atoms with van der Waals surface area (Å²) in [5.74, 6) is -1.70. The van der Waals surface area contributed by atoms with Crippen LogP contribution >= 0.6 is 15.9 Å². The number of imide groups is 2. The van der Waals surface area contributed by atoms with Crippen molar-refractivity contribution in [1.82, 2.24) is 5.32 Å². The number of rotatable bonds is 5. The van der Waals surface area contributed by atoms with Crippen molar-refractivity contribution in [2.45, 2.75) is 13.5 Å². The Morgan fingerprint density at radius 2 is 1.79 bits per heavy atom. The van der Waals surface area contributed by atoms with Gasteiger partial charge in [-0.25, -0.2) is 14.1 Å². The van der Waals surface area contributed by atoms with E-state index in [1.165, 1.54) is 18.2 Å². The molecule has 8 heteroatoms. The maximum absolute atomic E-state index is 13.3. The van der Waals surface area contributed by atoms with Crippen LogP contribution in [-0.2, 0) is 16.2 Å². The molecule has 0 aromatic heterocycles. The molecule has 1 fully saturated rings. The first kappa shape index (κ1) is 22.4. The second kappa shape index (κ2) is 9.38. The molecule has 3 aromatic carbocycles. The molecule has 1 aliphatic rings. The van der Waals surface area contributed by atoms with E-state index in [0.29, 0.717) is 22.4 Å². The number of ether oxygens (including phenoxy) is 1. The van der Waals surface area contributed by atoms with E-state index < -0.39 is 23.7 Å². The fourth-order valence-electron chi connectivity index (χ4n) is 3.36. The average Bonchev–Trinajstić information content (AvgIpc) is 2.77. The Morgan fingerprint density at radius 1 is 1.03 bits per heavy atom. The number of benzene rings is 3. The zero-order valence-electron chi connectivity index (χ0n) is 17.5. The molecule has 0 saturated carbocycles. The summed E-state index contributed by atoms with van der Waals surface area (Å²) in [7, 11) is 0. The van der Waals surface area contributed by atoms with Gasteiger partial charge in [-0.1, -0.05) is 45.8 Å². The number of hydrogen-bond donors (Lipinski definition) is 1. The zero-order chi connectivity index (χ0) is 23.5. The molecule has 33 heavy (non-hydrogen) atoms. The number of urea groups is 1. The van der Waals surface area contributed by atoms with E-state index in [-0.39, 0.29) is 11.3 Å². The van der Waals surface area contributed by atoms with Gasteiger partial charge in [0.25, 0.3) is 11.8 Å². The van der Waals surface area contributed by atoms with Crippen LogP contribution in [0.5, 0.6) is 5.75 Å². The lowest BCUT2D eigenvalue weighted by Crippen LogP contribution is -2.54. The Hall–Kier alpha value is -3.78. The van der Waals surface area contributed by atoms with Gasteiger partial charge < -0.3 is 4.74 Å². The normalized spacial score (nSPS) is 15.1. The van der Waals surface area contributed by atoms with E-state index >= 15 is 0 Å². The number of nitrogens with zero attached hydrogens (tertiary/aromatic N) is 1. The minimum Gasteiger partial charge on any atom is -0.488 e. The van der Waals surface area contributed by atoms with E-state index in [1.807, 2.05) is 31.2 Å². The van der Waals surface area contributed by atoms with Gasteiger partial charge in [0, 0.05) is 10.0 Å². The van der Waals surface area contributed by atoms with Gasteiger partial charge in [0.2, 0.25) is 0 Å². The molecule has 0 unspecified atom stereocenters. The number of barbiturate groups is 1. The van der Waals surface area contributed by atoms with E-state index in [4.69, 9.17) is 4.74 Å². The Kier molecular flexibility index (Phi) is 6.37. The fraction of sp³-hybridized carbons (Fsp3) is 0.0800. The van der Waals surface area contributed by atoms with Crippen LogP contribution in [0.4, 0.5) is 14.9 Å². The van der Waals surface area contributed by atoms with Crippen molar-refractivity contribution >= 4 is 45.5 Å². The van der Waals surface area contributed by atoms with Gasteiger partial charge in [0.15, 0.2) is 0 Å². The fourth-order valence-corrected chi connectivity index (χ4v) is 3.74. The predicted molar refractivity (Wildman–Crippen MR) is 125 cm³/mol. The monoisotopic (exact) mass is 508 g/mol. The standard InChI is InChI=1S/C25H18BrFN2O4/c1-15-3-2-4-16(11-15)14-33-22-10-5-18(26)12-17(22)13-21-23(30)28-25(32)29(24(21)31)20-8-6-19(27)7-9-20/h2-13H,14H2,1H3,(H,28,30,32)/b21-13+. The second-order valence-electron chi connectivity index (χ2n) is 7.39. The van der Waals surface area contributed by atoms with Crippen molar-refractivity contribution in [1.29, 1.82) is 0 Å². The van der Waals surface area contributed by atoms with Crippen LogP contribution in [-0.4, -0.2) is 17.8 Å². The number of amides is 4. The molecule has 1 N–H and O–H groups in total. The number of anilines is 1. The lowest BCUT2D eigenvalue weighted by atomic mass is 10.1. The van der Waals surface area contributed by atoms with E-state index in [1.54, 1.807) is 18.2 Å². The second-order valence-corrected chi connectivity index (χ2v) is 8.31. The van der Waals surface area contributed by atoms with E-state index in [9.17, 15) is 18.8 Å². The predicted octanol–water partition coefficient (Wildman–Crippen LogP) is 5.14. The van der Waals surface area contributed by atoms with Gasteiger partial charge in [-0.3, -0.25) is 14.9 Å². The smallest absolute Gasteiger partial charge is 0.335 e. The summed E-state index contributed by atoms with van der Waals surface area (Å²) in [5, 5.41) is 2.15. The summed E-state index contributed by atoms with van der Waals surface area (Å²) in [5.41, 5.74) is 2.43. The number of carbonyl (C=O) groups excluding carboxylic acids is 3. The third-order valence-electron chi connectivity index (χ3n) is 4.93. The Bertz CT molecular complexity index is 1290. The molecule has 3 aromatic rings. The molecular formula is C25H18BrFN2O4. The SMILES string of the molecule is Cc1cccc(COc2ccc(Br)cc2/C=C2\C(=O)NC(=O)N(c3ccc(F)cc3)C2=O)c1. The quantitative estimate of drug-likeness (QED) is 0.382. The topological polar surface area (TPSA) is 75.7 Å². The summed E-state index contributed by atoms with van der Waals surface area (Å²) in [6.45, 7) is 2.28. The van der Waals surface area contributed by atoms with Gasteiger partial charge in [-0.05, 0) is 61.0 Å². The van der Waals surface area contributed by atoms with E-state index in [0.717, 1.165) is 28.2 Å². The third kappa shape index (κ3) is 5.01. The highest BCUT2D eigenvalue weighted by atomic mass is 79.9. The van der Waals surface area contributed by atoms with Crippen molar-refractivity contribution in [3.8, 4) is 5.75 Å². The van der Waals surface area contributed by atoms with Gasteiger partial charge >= 0.3 is 6.03 Å². The maximum atomic E-state index is 13.3. The minimum atomic E-state index is -0.904. The molecule has 6 nitrogen and oxygen atoms in total. The molecule has 1 saturated heterocycles. The number of halogens is 2. The summed E-state index contributed by atoms with van der Waals surface area (Å²) in [6, 6.07) is 17.0. The van der Waals surface area contributed by atoms with Crippen molar-refractivity contribution in [2.24, 2.45) is 0 Å². The summed E-state index contributed by atoms with van der Waals surface area (Å²) >= 11 is 3.39. The van der Waals surface area contributed by atoms with Gasteiger partial charge in [-0.2, -0.15) is 0 Å². The van der Waals surface area contributed by atoms with Crippen molar-refractivity contribution < 1.29 is 23.5 Å². The molecule has 4 amide bonds. The van der Waals surface area contributed by atoms with Gasteiger partial charge in [-0.15, -0.1) is 0 Å². The first-order valence-corrected chi connectivity index (χ1v) is 10.8. The maximum Gasteiger partial charge on any atom is 0.335 e. The Labute approximate surface area is 197 Å². The van der Waals surface area contributed by atoms with Gasteiger partial charge in [0.1, 0.15) is 23.7 Å². The zero-order valence-corrected chi connectivity index (χ0v) is 19.1. The molecule has 166 valence electrons. The lowest BCUT2D eigenvalue weighted by Gasteiger charge is -2.26. The number of nitrogens with one attached hydrogen (secondary N) is 1. The van der Waals surface area contributed by atoms with Crippen molar-refractivity contribution in [3.05, 3.63) is 99.3 Å². The molecular weight excluding hydrogens is 491 g/mol. The number of hydrogen-bond acceptors (Lipinski definition) is 4. The third-order valence-corrected chi connectivity index (χ3v) is 5.43. The summed E-state index contributed by atoms with van der Waals surface area (Å²) < 4.78 is 20.0. The summed E-state index contributed by atoms with van der Waals surface area (Å²) in [6.07, 6.45) is 1.37.